The van der Waals surface area contributed by atoms with E-state index in [9.17, 15) is 0 Å². The molecular weight excluding hydrogens is 282 g/mol. The van der Waals surface area contributed by atoms with Crippen molar-refractivity contribution >= 4 is 28.1 Å². The van der Waals surface area contributed by atoms with E-state index in [1.54, 1.807) is 23.7 Å². The van der Waals surface area contributed by atoms with Crippen molar-refractivity contribution in [2.24, 2.45) is 0 Å². The Morgan fingerprint density at radius 2 is 2.37 bits per heavy atom. The molecule has 0 unspecified atom stereocenters. The number of ether oxygens (including phenoxy) is 1. The van der Waals surface area contributed by atoms with Crippen molar-refractivity contribution in [2.45, 2.75) is 13.3 Å². The highest BCUT2D eigenvalue weighted by Gasteiger charge is 2.07. The minimum atomic E-state index is 0.621. The van der Waals surface area contributed by atoms with Crippen LogP contribution in [0.1, 0.15) is 13.3 Å². The molecule has 0 bridgehead atoms. The molecule has 0 amide bonds. The van der Waals surface area contributed by atoms with E-state index < -0.39 is 0 Å². The number of pyridine rings is 1. The zero-order chi connectivity index (χ0) is 13.5. The molecule has 19 heavy (non-hydrogen) atoms. The van der Waals surface area contributed by atoms with Crippen LogP contribution in [0.25, 0.3) is 11.3 Å². The van der Waals surface area contributed by atoms with Crippen molar-refractivity contribution in [2.75, 3.05) is 25.1 Å². The lowest BCUT2D eigenvalue weighted by atomic mass is 10.2. The van der Waals surface area contributed by atoms with Crippen molar-refractivity contribution < 1.29 is 4.74 Å². The van der Waals surface area contributed by atoms with Gasteiger partial charge in [0.05, 0.1) is 10.7 Å². The van der Waals surface area contributed by atoms with Crippen LogP contribution in [-0.4, -0.2) is 29.7 Å². The number of nitrogens with one attached hydrogen (secondary N) is 1. The van der Waals surface area contributed by atoms with Crippen molar-refractivity contribution in [3.63, 3.8) is 0 Å². The first kappa shape index (κ1) is 14.2. The zero-order valence-corrected chi connectivity index (χ0v) is 12.3. The maximum atomic E-state index is 6.09. The maximum Gasteiger partial charge on any atom is 0.183 e. The normalized spacial score (nSPS) is 10.6. The second-order valence-electron chi connectivity index (χ2n) is 3.87. The number of halogens is 1. The van der Waals surface area contributed by atoms with Gasteiger partial charge in [0.25, 0.3) is 0 Å². The van der Waals surface area contributed by atoms with Gasteiger partial charge in [-0.05, 0) is 19.4 Å². The summed E-state index contributed by atoms with van der Waals surface area (Å²) in [5.41, 5.74) is 1.79. The summed E-state index contributed by atoms with van der Waals surface area (Å²) in [5, 5.41) is 6.80. The number of hydrogen-bond acceptors (Lipinski definition) is 5. The van der Waals surface area contributed by atoms with E-state index in [0.717, 1.165) is 42.6 Å². The summed E-state index contributed by atoms with van der Waals surface area (Å²) in [7, 11) is 0. The van der Waals surface area contributed by atoms with Gasteiger partial charge in [0.1, 0.15) is 0 Å². The monoisotopic (exact) mass is 297 g/mol. The summed E-state index contributed by atoms with van der Waals surface area (Å²) < 4.78 is 5.28. The highest BCUT2D eigenvalue weighted by Crippen LogP contribution is 2.29. The van der Waals surface area contributed by atoms with E-state index in [1.807, 2.05) is 18.4 Å². The van der Waals surface area contributed by atoms with E-state index in [0.29, 0.717) is 5.02 Å². The van der Waals surface area contributed by atoms with Crippen molar-refractivity contribution in [3.8, 4) is 11.3 Å². The van der Waals surface area contributed by atoms with Crippen LogP contribution < -0.4 is 5.32 Å². The molecule has 0 aliphatic carbocycles. The molecule has 2 aromatic heterocycles. The number of anilines is 1. The predicted molar refractivity (Wildman–Crippen MR) is 80.0 cm³/mol. The average molecular weight is 298 g/mol. The zero-order valence-electron chi connectivity index (χ0n) is 10.7. The molecular formula is C13H16ClN3OS. The predicted octanol–water partition coefficient (Wildman–Crippen LogP) is 3.70. The highest BCUT2D eigenvalue weighted by molar-refractivity contribution is 7.14. The quantitative estimate of drug-likeness (QED) is 0.792. The minimum absolute atomic E-state index is 0.621. The molecule has 1 N–H and O–H groups in total. The third-order valence-corrected chi connectivity index (χ3v) is 3.60. The third kappa shape index (κ3) is 4.16. The second-order valence-corrected chi connectivity index (χ2v) is 5.14. The Labute approximate surface area is 121 Å². The molecule has 2 heterocycles. The highest BCUT2D eigenvalue weighted by atomic mass is 35.5. The van der Waals surface area contributed by atoms with Gasteiger partial charge >= 0.3 is 0 Å². The maximum absolute atomic E-state index is 6.09. The Kier molecular flexibility index (Phi) is 5.57. The fourth-order valence-electron chi connectivity index (χ4n) is 1.58. The Bertz CT molecular complexity index is 518. The van der Waals surface area contributed by atoms with Gasteiger partial charge in [-0.25, -0.2) is 4.98 Å². The summed E-state index contributed by atoms with van der Waals surface area (Å²) in [6.07, 6.45) is 4.32. The summed E-state index contributed by atoms with van der Waals surface area (Å²) >= 11 is 7.67. The summed E-state index contributed by atoms with van der Waals surface area (Å²) in [6.45, 7) is 4.40. The number of thiazole rings is 1. The molecule has 0 fully saturated rings. The molecule has 0 spiro atoms. The van der Waals surface area contributed by atoms with Crippen LogP contribution >= 0.6 is 22.9 Å². The molecule has 0 aliphatic heterocycles. The Hall–Kier alpha value is -1.17. The first-order chi connectivity index (χ1) is 9.31. The van der Waals surface area contributed by atoms with Gasteiger partial charge in [-0.15, -0.1) is 11.3 Å². The second kappa shape index (κ2) is 7.43. The minimum Gasteiger partial charge on any atom is -0.382 e. The van der Waals surface area contributed by atoms with Gasteiger partial charge < -0.3 is 10.1 Å². The van der Waals surface area contributed by atoms with Crippen molar-refractivity contribution in [3.05, 3.63) is 28.9 Å². The lowest BCUT2D eigenvalue weighted by Crippen LogP contribution is -2.05. The van der Waals surface area contributed by atoms with Crippen molar-refractivity contribution in [1.82, 2.24) is 9.97 Å². The molecule has 6 heteroatoms. The Morgan fingerprint density at radius 1 is 1.47 bits per heavy atom. The van der Waals surface area contributed by atoms with Gasteiger partial charge in [-0.3, -0.25) is 4.98 Å². The SMILES string of the molecule is CCOCCCNc1nc(-c2ccncc2Cl)cs1. The molecule has 0 atom stereocenters. The lowest BCUT2D eigenvalue weighted by Gasteiger charge is -2.02. The first-order valence-electron chi connectivity index (χ1n) is 6.18. The summed E-state index contributed by atoms with van der Waals surface area (Å²) in [5.74, 6) is 0. The molecule has 2 aromatic rings. The summed E-state index contributed by atoms with van der Waals surface area (Å²) in [6, 6.07) is 1.87. The molecule has 2 rings (SSSR count). The van der Waals surface area contributed by atoms with Crippen LogP contribution in [0, 0.1) is 0 Å². The van der Waals surface area contributed by atoms with Crippen LogP contribution in [0.5, 0.6) is 0 Å². The average Bonchev–Trinajstić information content (AvgIpc) is 2.88. The van der Waals surface area contributed by atoms with Crippen LogP contribution in [-0.2, 0) is 4.74 Å². The van der Waals surface area contributed by atoms with Gasteiger partial charge in [0.2, 0.25) is 0 Å². The van der Waals surface area contributed by atoms with Crippen LogP contribution in [0.3, 0.4) is 0 Å². The standard InChI is InChI=1S/C13H16ClN3OS/c1-2-18-7-3-5-16-13-17-12(9-19-13)10-4-6-15-8-11(10)14/h4,6,8-9H,2-3,5,7H2,1H3,(H,16,17). The van der Waals surface area contributed by atoms with Gasteiger partial charge in [0, 0.05) is 43.1 Å². The molecule has 0 aromatic carbocycles. The molecule has 0 saturated heterocycles. The van der Waals surface area contributed by atoms with Crippen LogP contribution in [0.4, 0.5) is 5.13 Å². The van der Waals surface area contributed by atoms with Crippen molar-refractivity contribution in [1.29, 1.82) is 0 Å². The van der Waals surface area contributed by atoms with E-state index in [4.69, 9.17) is 16.3 Å². The molecule has 0 saturated carbocycles. The number of hydrogen-bond donors (Lipinski definition) is 1. The largest absolute Gasteiger partial charge is 0.382 e. The van der Waals surface area contributed by atoms with Crippen LogP contribution in [0.15, 0.2) is 23.8 Å². The third-order valence-electron chi connectivity index (χ3n) is 2.50. The van der Waals surface area contributed by atoms with E-state index in [2.05, 4.69) is 15.3 Å². The topological polar surface area (TPSA) is 47.0 Å². The Morgan fingerprint density at radius 3 is 3.16 bits per heavy atom. The van der Waals surface area contributed by atoms with E-state index in [1.165, 1.54) is 0 Å². The number of nitrogens with zero attached hydrogens (tertiary/aromatic N) is 2. The lowest BCUT2D eigenvalue weighted by molar-refractivity contribution is 0.147. The van der Waals surface area contributed by atoms with Crippen LogP contribution in [0.2, 0.25) is 5.02 Å². The smallest absolute Gasteiger partial charge is 0.183 e. The van der Waals surface area contributed by atoms with E-state index in [-0.39, 0.29) is 0 Å². The molecule has 102 valence electrons. The fourth-order valence-corrected chi connectivity index (χ4v) is 2.53. The molecule has 0 aliphatic rings. The summed E-state index contributed by atoms with van der Waals surface area (Å²) in [4.78, 5) is 8.48. The van der Waals surface area contributed by atoms with E-state index >= 15 is 0 Å². The Balaban J connectivity index is 1.91. The van der Waals surface area contributed by atoms with Gasteiger partial charge in [0.15, 0.2) is 5.13 Å². The number of aromatic nitrogens is 2. The number of rotatable bonds is 7. The first-order valence-corrected chi connectivity index (χ1v) is 7.44. The van der Waals surface area contributed by atoms with Gasteiger partial charge in [-0.1, -0.05) is 11.6 Å². The fraction of sp³-hybridized carbons (Fsp3) is 0.385. The molecule has 0 radical (unpaired) electrons. The molecule has 4 nitrogen and oxygen atoms in total. The van der Waals surface area contributed by atoms with Gasteiger partial charge in [-0.2, -0.15) is 0 Å².